The largest absolute Gasteiger partial charge is 0.228 e. The van der Waals surface area contributed by atoms with Crippen molar-refractivity contribution in [3.8, 4) is 11.4 Å². The van der Waals surface area contributed by atoms with Gasteiger partial charge in [0, 0.05) is 16.0 Å². The summed E-state index contributed by atoms with van der Waals surface area (Å²) in [6.45, 7) is 6.06. The molecule has 3 aromatic rings. The fourth-order valence-corrected chi connectivity index (χ4v) is 2.89. The molecule has 0 radical (unpaired) electrons. The second-order valence-corrected chi connectivity index (χ2v) is 6.05. The average Bonchev–Trinajstić information content (AvgIpc) is 2.42. The fourth-order valence-electron chi connectivity index (χ4n) is 2.50. The summed E-state index contributed by atoms with van der Waals surface area (Å²) in [6, 6.07) is 9.92. The lowest BCUT2D eigenvalue weighted by molar-refractivity contribution is 1.21. The standard InChI is InChI=1S/C17H14Cl2N2/c1-9-6-10(2)8-12(7-9)17-20-15-11(3)14(18)5-4-13(15)16(19)21-17/h4-8H,1-3H3. The maximum Gasteiger partial charge on any atom is 0.161 e. The molecule has 2 aromatic carbocycles. The van der Waals surface area contributed by atoms with Gasteiger partial charge in [-0.2, -0.15) is 0 Å². The Labute approximate surface area is 133 Å². The second-order valence-electron chi connectivity index (χ2n) is 5.28. The van der Waals surface area contributed by atoms with Crippen LogP contribution < -0.4 is 0 Å². The number of halogens is 2. The summed E-state index contributed by atoms with van der Waals surface area (Å²) in [5.74, 6) is 0.629. The van der Waals surface area contributed by atoms with Crippen LogP contribution in [0.1, 0.15) is 16.7 Å². The topological polar surface area (TPSA) is 25.8 Å². The highest BCUT2D eigenvalue weighted by Crippen LogP contribution is 2.30. The van der Waals surface area contributed by atoms with Crippen molar-refractivity contribution in [3.05, 3.63) is 57.2 Å². The number of aromatic nitrogens is 2. The van der Waals surface area contributed by atoms with E-state index in [1.54, 1.807) is 0 Å². The number of hydrogen-bond acceptors (Lipinski definition) is 2. The van der Waals surface area contributed by atoms with Crippen LogP contribution in [0.3, 0.4) is 0 Å². The van der Waals surface area contributed by atoms with Crippen molar-refractivity contribution in [1.29, 1.82) is 0 Å². The molecule has 0 aliphatic rings. The van der Waals surface area contributed by atoms with Gasteiger partial charge in [-0.05, 0) is 50.6 Å². The van der Waals surface area contributed by atoms with E-state index in [0.29, 0.717) is 16.0 Å². The minimum atomic E-state index is 0.453. The van der Waals surface area contributed by atoms with Crippen LogP contribution in [0.5, 0.6) is 0 Å². The molecule has 1 heterocycles. The molecule has 0 aliphatic heterocycles. The summed E-state index contributed by atoms with van der Waals surface area (Å²) in [6.07, 6.45) is 0. The van der Waals surface area contributed by atoms with Gasteiger partial charge in [0.15, 0.2) is 5.82 Å². The van der Waals surface area contributed by atoms with Crippen LogP contribution >= 0.6 is 23.2 Å². The van der Waals surface area contributed by atoms with Crippen molar-refractivity contribution in [3.63, 3.8) is 0 Å². The Kier molecular flexibility index (Phi) is 3.60. The first-order chi connectivity index (χ1) is 9.95. The van der Waals surface area contributed by atoms with Crippen LogP contribution in [-0.4, -0.2) is 9.97 Å². The highest BCUT2D eigenvalue weighted by molar-refractivity contribution is 6.35. The van der Waals surface area contributed by atoms with Crippen LogP contribution in [0, 0.1) is 20.8 Å². The van der Waals surface area contributed by atoms with E-state index in [0.717, 1.165) is 22.0 Å². The van der Waals surface area contributed by atoms with Gasteiger partial charge in [-0.15, -0.1) is 0 Å². The van der Waals surface area contributed by atoms with E-state index < -0.39 is 0 Å². The van der Waals surface area contributed by atoms with Crippen LogP contribution in [0.15, 0.2) is 30.3 Å². The van der Waals surface area contributed by atoms with Gasteiger partial charge >= 0.3 is 0 Å². The maximum atomic E-state index is 6.32. The molecule has 1 aromatic heterocycles. The lowest BCUT2D eigenvalue weighted by Gasteiger charge is -2.09. The Hall–Kier alpha value is -1.64. The van der Waals surface area contributed by atoms with E-state index >= 15 is 0 Å². The molecule has 0 saturated heterocycles. The molecule has 0 fully saturated rings. The molecule has 0 spiro atoms. The predicted octanol–water partition coefficient (Wildman–Crippen LogP) is 5.53. The number of rotatable bonds is 1. The molecular formula is C17H14Cl2N2. The number of hydrogen-bond donors (Lipinski definition) is 0. The third kappa shape index (κ3) is 2.61. The van der Waals surface area contributed by atoms with Gasteiger partial charge in [-0.25, -0.2) is 9.97 Å². The highest BCUT2D eigenvalue weighted by atomic mass is 35.5. The lowest BCUT2D eigenvalue weighted by Crippen LogP contribution is -1.95. The summed E-state index contributed by atoms with van der Waals surface area (Å²) < 4.78 is 0. The van der Waals surface area contributed by atoms with Gasteiger partial charge in [-0.3, -0.25) is 0 Å². The molecule has 106 valence electrons. The van der Waals surface area contributed by atoms with Gasteiger partial charge in [0.1, 0.15) is 5.15 Å². The molecule has 3 rings (SSSR count). The Morgan fingerprint density at radius 1 is 0.857 bits per heavy atom. The minimum Gasteiger partial charge on any atom is -0.228 e. The summed E-state index contributed by atoms with van der Waals surface area (Å²) in [7, 11) is 0. The molecule has 0 amide bonds. The van der Waals surface area contributed by atoms with Gasteiger partial charge in [-0.1, -0.05) is 40.4 Å². The number of fused-ring (bicyclic) bond motifs is 1. The van der Waals surface area contributed by atoms with Crippen LogP contribution in [0.25, 0.3) is 22.3 Å². The van der Waals surface area contributed by atoms with E-state index in [9.17, 15) is 0 Å². The number of nitrogens with zero attached hydrogens (tertiary/aromatic N) is 2. The van der Waals surface area contributed by atoms with Crippen molar-refractivity contribution in [1.82, 2.24) is 9.97 Å². The SMILES string of the molecule is Cc1cc(C)cc(-c2nc(Cl)c3ccc(Cl)c(C)c3n2)c1. The van der Waals surface area contributed by atoms with E-state index in [1.807, 2.05) is 19.1 Å². The summed E-state index contributed by atoms with van der Waals surface area (Å²) in [5, 5.41) is 1.96. The summed E-state index contributed by atoms with van der Waals surface area (Å²) >= 11 is 12.5. The molecule has 0 bridgehead atoms. The lowest BCUT2D eigenvalue weighted by atomic mass is 10.1. The van der Waals surface area contributed by atoms with Crippen molar-refractivity contribution < 1.29 is 0 Å². The first kappa shape index (κ1) is 14.3. The molecule has 0 aliphatic carbocycles. The molecule has 21 heavy (non-hydrogen) atoms. The Bertz CT molecular complexity index is 837. The molecular weight excluding hydrogens is 303 g/mol. The van der Waals surface area contributed by atoms with Gasteiger partial charge in [0.25, 0.3) is 0 Å². The Morgan fingerprint density at radius 3 is 2.19 bits per heavy atom. The zero-order valence-corrected chi connectivity index (χ0v) is 13.5. The zero-order chi connectivity index (χ0) is 15.1. The second kappa shape index (κ2) is 5.28. The van der Waals surface area contributed by atoms with E-state index in [1.165, 1.54) is 11.1 Å². The normalized spacial score (nSPS) is 11.1. The first-order valence-electron chi connectivity index (χ1n) is 6.67. The van der Waals surface area contributed by atoms with Crippen molar-refractivity contribution in [2.45, 2.75) is 20.8 Å². The molecule has 2 nitrogen and oxygen atoms in total. The smallest absolute Gasteiger partial charge is 0.161 e. The van der Waals surface area contributed by atoms with Crippen molar-refractivity contribution >= 4 is 34.1 Å². The van der Waals surface area contributed by atoms with Crippen LogP contribution in [-0.2, 0) is 0 Å². The van der Waals surface area contributed by atoms with Gasteiger partial charge < -0.3 is 0 Å². The average molecular weight is 317 g/mol. The molecule has 0 saturated carbocycles. The summed E-state index contributed by atoms with van der Waals surface area (Å²) in [4.78, 5) is 9.10. The summed E-state index contributed by atoms with van der Waals surface area (Å²) in [5.41, 5.74) is 5.04. The van der Waals surface area contributed by atoms with Crippen LogP contribution in [0.2, 0.25) is 10.2 Å². The highest BCUT2D eigenvalue weighted by Gasteiger charge is 2.12. The van der Waals surface area contributed by atoms with E-state index in [4.69, 9.17) is 23.2 Å². The Balaban J connectivity index is 2.31. The molecule has 0 N–H and O–H groups in total. The minimum absolute atomic E-state index is 0.453. The molecule has 4 heteroatoms. The first-order valence-corrected chi connectivity index (χ1v) is 7.42. The third-order valence-electron chi connectivity index (χ3n) is 3.49. The third-order valence-corrected chi connectivity index (χ3v) is 4.19. The monoisotopic (exact) mass is 316 g/mol. The van der Waals surface area contributed by atoms with E-state index in [2.05, 4.69) is 42.0 Å². The quantitative estimate of drug-likeness (QED) is 0.552. The molecule has 0 unspecified atom stereocenters. The van der Waals surface area contributed by atoms with Gasteiger partial charge in [0.05, 0.1) is 5.52 Å². The van der Waals surface area contributed by atoms with E-state index in [-0.39, 0.29) is 0 Å². The Morgan fingerprint density at radius 2 is 1.52 bits per heavy atom. The number of aryl methyl sites for hydroxylation is 3. The molecule has 0 atom stereocenters. The van der Waals surface area contributed by atoms with Crippen molar-refractivity contribution in [2.24, 2.45) is 0 Å². The maximum absolute atomic E-state index is 6.32. The predicted molar refractivity (Wildman–Crippen MR) is 89.2 cm³/mol. The van der Waals surface area contributed by atoms with Crippen molar-refractivity contribution in [2.75, 3.05) is 0 Å². The fraction of sp³-hybridized carbons (Fsp3) is 0.176. The number of benzene rings is 2. The zero-order valence-electron chi connectivity index (χ0n) is 12.0. The van der Waals surface area contributed by atoms with Gasteiger partial charge in [0.2, 0.25) is 0 Å². The van der Waals surface area contributed by atoms with Crippen LogP contribution in [0.4, 0.5) is 0 Å².